The van der Waals surface area contributed by atoms with Crippen LogP contribution in [0.25, 0.3) is 0 Å². The highest BCUT2D eigenvalue weighted by molar-refractivity contribution is 5.35. The fourth-order valence-electron chi connectivity index (χ4n) is 1.94. The van der Waals surface area contributed by atoms with Gasteiger partial charge in [0, 0.05) is 17.5 Å². The van der Waals surface area contributed by atoms with Gasteiger partial charge in [-0.3, -0.25) is 0 Å². The lowest BCUT2D eigenvalue weighted by atomic mass is 9.97. The Bertz CT molecular complexity index is 346. The van der Waals surface area contributed by atoms with Crippen LogP contribution in [0.4, 0.5) is 0 Å². The summed E-state index contributed by atoms with van der Waals surface area (Å²) in [5.74, 6) is 0. The van der Waals surface area contributed by atoms with Crippen molar-refractivity contribution in [2.24, 2.45) is 11.1 Å². The van der Waals surface area contributed by atoms with Gasteiger partial charge in [0.1, 0.15) is 6.33 Å². The summed E-state index contributed by atoms with van der Waals surface area (Å²) in [6.07, 6.45) is 4.43. The second kappa shape index (κ2) is 2.29. The molecule has 1 aliphatic carbocycles. The van der Waals surface area contributed by atoms with E-state index in [-0.39, 0.29) is 11.0 Å². The molecule has 0 bridgehead atoms. The van der Waals surface area contributed by atoms with Crippen LogP contribution in [-0.2, 0) is 5.54 Å². The lowest BCUT2D eigenvalue weighted by molar-refractivity contribution is 0.505. The molecule has 1 saturated carbocycles. The molecule has 0 aliphatic heterocycles. The summed E-state index contributed by atoms with van der Waals surface area (Å²) in [4.78, 5) is 8.19. The highest BCUT2D eigenvalue weighted by Gasteiger charge is 2.60. The molecule has 13 heavy (non-hydrogen) atoms. The van der Waals surface area contributed by atoms with Gasteiger partial charge in [0.25, 0.3) is 0 Å². The van der Waals surface area contributed by atoms with Gasteiger partial charge in [-0.2, -0.15) is 0 Å². The fourth-order valence-corrected chi connectivity index (χ4v) is 1.94. The minimum absolute atomic E-state index is 0.196. The zero-order valence-electron chi connectivity index (χ0n) is 8.33. The summed E-state index contributed by atoms with van der Waals surface area (Å²) >= 11 is 0. The quantitative estimate of drug-likeness (QED) is 0.704. The van der Waals surface area contributed by atoms with E-state index in [1.165, 1.54) is 0 Å². The Balaban J connectivity index is 2.44. The smallest absolute Gasteiger partial charge is 0.115 e. The normalized spacial score (nSPS) is 30.2. The fraction of sp³-hybridized carbons (Fsp3) is 0.600. The van der Waals surface area contributed by atoms with Crippen molar-refractivity contribution in [3.05, 3.63) is 23.8 Å². The van der Waals surface area contributed by atoms with Gasteiger partial charge < -0.3 is 5.73 Å². The van der Waals surface area contributed by atoms with Crippen LogP contribution in [0.1, 0.15) is 31.5 Å². The van der Waals surface area contributed by atoms with E-state index in [4.69, 9.17) is 5.73 Å². The topological polar surface area (TPSA) is 51.8 Å². The molecule has 3 heteroatoms. The Labute approximate surface area is 78.4 Å². The van der Waals surface area contributed by atoms with Crippen LogP contribution in [0.15, 0.2) is 12.5 Å². The third-order valence-corrected chi connectivity index (χ3v) is 3.20. The minimum atomic E-state index is -0.196. The molecular formula is C10H15N3. The molecule has 0 spiro atoms. The molecule has 1 aromatic heterocycles. The van der Waals surface area contributed by atoms with E-state index in [9.17, 15) is 0 Å². The van der Waals surface area contributed by atoms with Gasteiger partial charge in [-0.15, -0.1) is 0 Å². The van der Waals surface area contributed by atoms with Crippen molar-refractivity contribution >= 4 is 0 Å². The number of nitrogens with two attached hydrogens (primary N) is 1. The number of hydrogen-bond donors (Lipinski definition) is 1. The van der Waals surface area contributed by atoms with Crippen molar-refractivity contribution in [1.29, 1.82) is 0 Å². The molecule has 1 heterocycles. The lowest BCUT2D eigenvalue weighted by Gasteiger charge is -2.16. The van der Waals surface area contributed by atoms with Gasteiger partial charge in [0.05, 0.1) is 5.54 Å². The second-order valence-corrected chi connectivity index (χ2v) is 4.55. The van der Waals surface area contributed by atoms with Crippen molar-refractivity contribution < 1.29 is 0 Å². The zero-order chi connectivity index (χ0) is 9.69. The highest BCUT2D eigenvalue weighted by atomic mass is 14.9. The summed E-state index contributed by atoms with van der Waals surface area (Å²) in [5, 5.41) is 0. The number of hydrogen-bond acceptors (Lipinski definition) is 3. The maximum Gasteiger partial charge on any atom is 0.115 e. The van der Waals surface area contributed by atoms with Gasteiger partial charge >= 0.3 is 0 Å². The molecule has 3 nitrogen and oxygen atoms in total. The number of rotatable bonds is 1. The zero-order valence-corrected chi connectivity index (χ0v) is 8.33. The van der Waals surface area contributed by atoms with Gasteiger partial charge in [0.15, 0.2) is 0 Å². The summed E-state index contributed by atoms with van der Waals surface area (Å²) in [7, 11) is 0. The van der Waals surface area contributed by atoms with Gasteiger partial charge in [-0.25, -0.2) is 9.97 Å². The Hall–Kier alpha value is -0.960. The largest absolute Gasteiger partial charge is 0.321 e. The average Bonchev–Trinajstić information content (AvgIpc) is 2.53. The molecule has 0 amide bonds. The molecule has 0 aromatic carbocycles. The van der Waals surface area contributed by atoms with Gasteiger partial charge in [-0.1, -0.05) is 13.8 Å². The van der Waals surface area contributed by atoms with Crippen molar-refractivity contribution in [3.8, 4) is 0 Å². The Morgan fingerprint density at radius 1 is 1.46 bits per heavy atom. The third kappa shape index (κ3) is 1.07. The number of aromatic nitrogens is 2. The predicted octanol–water partition coefficient (Wildman–Crippen LogP) is 1.37. The molecule has 1 unspecified atom stereocenters. The first-order valence-electron chi connectivity index (χ1n) is 4.53. The number of nitrogens with zero attached hydrogens (tertiary/aromatic N) is 2. The maximum atomic E-state index is 6.27. The molecule has 1 aromatic rings. The SMILES string of the molecule is Cc1ncncc1C1(N)CC1(C)C. The van der Waals surface area contributed by atoms with Gasteiger partial charge in [0.2, 0.25) is 0 Å². The summed E-state index contributed by atoms with van der Waals surface area (Å²) in [5.41, 5.74) is 8.37. The third-order valence-electron chi connectivity index (χ3n) is 3.20. The number of aryl methyl sites for hydroxylation is 1. The van der Waals surface area contributed by atoms with E-state index in [0.29, 0.717) is 0 Å². The lowest BCUT2D eigenvalue weighted by Crippen LogP contribution is -2.27. The Morgan fingerprint density at radius 2 is 2.08 bits per heavy atom. The van der Waals surface area contributed by atoms with Crippen molar-refractivity contribution in [2.45, 2.75) is 32.7 Å². The van der Waals surface area contributed by atoms with E-state index in [2.05, 4.69) is 23.8 Å². The Kier molecular flexibility index (Phi) is 1.52. The van der Waals surface area contributed by atoms with Crippen LogP contribution in [-0.4, -0.2) is 9.97 Å². The van der Waals surface area contributed by atoms with E-state index in [1.807, 2.05) is 13.1 Å². The first kappa shape index (κ1) is 8.63. The van der Waals surface area contributed by atoms with Crippen LogP contribution in [0.5, 0.6) is 0 Å². The van der Waals surface area contributed by atoms with Crippen molar-refractivity contribution in [1.82, 2.24) is 9.97 Å². The standard InChI is InChI=1S/C10H15N3/c1-7-8(4-12-6-13-7)10(11)5-9(10,2)3/h4,6H,5,11H2,1-3H3. The summed E-state index contributed by atoms with van der Waals surface area (Å²) in [6.45, 7) is 6.35. The molecular weight excluding hydrogens is 162 g/mol. The van der Waals surface area contributed by atoms with Crippen LogP contribution in [0, 0.1) is 12.3 Å². The molecule has 1 aliphatic rings. The Morgan fingerprint density at radius 3 is 2.54 bits per heavy atom. The predicted molar refractivity (Wildman–Crippen MR) is 51.0 cm³/mol. The van der Waals surface area contributed by atoms with Gasteiger partial charge in [-0.05, 0) is 18.8 Å². The molecule has 0 radical (unpaired) electrons. The van der Waals surface area contributed by atoms with Crippen molar-refractivity contribution in [2.75, 3.05) is 0 Å². The molecule has 0 saturated heterocycles. The van der Waals surface area contributed by atoms with Crippen LogP contribution in [0.3, 0.4) is 0 Å². The first-order valence-corrected chi connectivity index (χ1v) is 4.53. The molecule has 2 rings (SSSR count). The highest BCUT2D eigenvalue weighted by Crippen LogP contribution is 2.60. The van der Waals surface area contributed by atoms with E-state index in [0.717, 1.165) is 17.7 Å². The molecule has 1 atom stereocenters. The second-order valence-electron chi connectivity index (χ2n) is 4.55. The van der Waals surface area contributed by atoms with E-state index in [1.54, 1.807) is 6.33 Å². The van der Waals surface area contributed by atoms with Crippen molar-refractivity contribution in [3.63, 3.8) is 0 Å². The van der Waals surface area contributed by atoms with Crippen LogP contribution in [0.2, 0.25) is 0 Å². The molecule has 70 valence electrons. The van der Waals surface area contributed by atoms with E-state index < -0.39 is 0 Å². The minimum Gasteiger partial charge on any atom is -0.321 e. The van der Waals surface area contributed by atoms with Crippen LogP contribution < -0.4 is 5.73 Å². The molecule has 2 N–H and O–H groups in total. The summed E-state index contributed by atoms with van der Waals surface area (Å²) in [6, 6.07) is 0. The monoisotopic (exact) mass is 177 g/mol. The maximum absolute atomic E-state index is 6.27. The van der Waals surface area contributed by atoms with E-state index >= 15 is 0 Å². The summed E-state index contributed by atoms with van der Waals surface area (Å²) < 4.78 is 0. The van der Waals surface area contributed by atoms with Crippen LogP contribution >= 0.6 is 0 Å². The first-order chi connectivity index (χ1) is 5.97. The average molecular weight is 177 g/mol. The molecule has 1 fully saturated rings.